The van der Waals surface area contributed by atoms with Crippen molar-refractivity contribution >= 4 is 17.6 Å². The first-order valence-corrected chi connectivity index (χ1v) is 9.62. The third-order valence-corrected chi connectivity index (χ3v) is 6.11. The number of halogens is 1. The van der Waals surface area contributed by atoms with Gasteiger partial charge in [0.2, 0.25) is 0 Å². The monoisotopic (exact) mass is 372 g/mol. The second-order valence-electron chi connectivity index (χ2n) is 7.84. The molecular weight excluding hydrogens is 348 g/mol. The molecule has 0 unspecified atom stereocenters. The highest BCUT2D eigenvalue weighted by Crippen LogP contribution is 2.40. The minimum atomic E-state index is -0.0594. The zero-order chi connectivity index (χ0) is 18.3. The number of likely N-dealkylation sites (tertiary alicyclic amines) is 1. The number of aryl methyl sites for hydroxylation is 1. The highest BCUT2D eigenvalue weighted by molar-refractivity contribution is 6.30. The zero-order valence-electron chi connectivity index (χ0n) is 15.3. The van der Waals surface area contributed by atoms with Gasteiger partial charge in [-0.1, -0.05) is 41.4 Å². The molecule has 0 spiro atoms. The van der Waals surface area contributed by atoms with Crippen molar-refractivity contribution in [3.63, 3.8) is 0 Å². The van der Waals surface area contributed by atoms with E-state index < -0.39 is 0 Å². The molecule has 26 heavy (non-hydrogen) atoms. The second kappa shape index (κ2) is 7.05. The van der Waals surface area contributed by atoms with Gasteiger partial charge in [-0.25, -0.2) is 4.79 Å². The van der Waals surface area contributed by atoms with Crippen molar-refractivity contribution in [1.82, 2.24) is 19.6 Å². The number of rotatable bonds is 3. The average molecular weight is 373 g/mol. The maximum absolute atomic E-state index is 12.5. The van der Waals surface area contributed by atoms with E-state index in [1.54, 1.807) is 6.20 Å². The molecule has 4 rings (SSSR count). The molecule has 2 heterocycles. The summed E-state index contributed by atoms with van der Waals surface area (Å²) in [5.41, 5.74) is 2.66. The van der Waals surface area contributed by atoms with Crippen molar-refractivity contribution in [2.24, 2.45) is 11.8 Å². The van der Waals surface area contributed by atoms with Crippen LogP contribution in [0.4, 0.5) is 4.79 Å². The fourth-order valence-electron chi connectivity index (χ4n) is 4.44. The summed E-state index contributed by atoms with van der Waals surface area (Å²) in [6, 6.07) is 9.34. The predicted octanol–water partition coefficient (Wildman–Crippen LogP) is 3.66. The molecule has 2 aliphatic rings. The molecule has 1 saturated heterocycles. The van der Waals surface area contributed by atoms with Gasteiger partial charge in [-0.15, -0.1) is 0 Å². The van der Waals surface area contributed by atoms with Crippen molar-refractivity contribution < 1.29 is 4.79 Å². The largest absolute Gasteiger partial charge is 0.344 e. The summed E-state index contributed by atoms with van der Waals surface area (Å²) in [7, 11) is 2.22. The molecule has 1 aromatic heterocycles. The van der Waals surface area contributed by atoms with Crippen LogP contribution in [0.3, 0.4) is 0 Å². The quantitative estimate of drug-likeness (QED) is 0.825. The van der Waals surface area contributed by atoms with E-state index in [-0.39, 0.29) is 6.03 Å². The Labute approximate surface area is 159 Å². The van der Waals surface area contributed by atoms with Crippen molar-refractivity contribution in [3.05, 3.63) is 52.8 Å². The number of hydrogen-bond acceptors (Lipinski definition) is 3. The first kappa shape index (κ1) is 17.6. The Morgan fingerprint density at radius 3 is 2.46 bits per heavy atom. The zero-order valence-corrected chi connectivity index (χ0v) is 16.1. The summed E-state index contributed by atoms with van der Waals surface area (Å²) in [6.07, 6.45) is 5.41. The third-order valence-electron chi connectivity index (χ3n) is 5.92. The lowest BCUT2D eigenvalue weighted by Crippen LogP contribution is -2.36. The van der Waals surface area contributed by atoms with Gasteiger partial charge in [0.1, 0.15) is 0 Å². The first-order chi connectivity index (χ1) is 12.5. The molecule has 5 nitrogen and oxygen atoms in total. The minimum Gasteiger partial charge on any atom is -0.322 e. The van der Waals surface area contributed by atoms with Crippen LogP contribution in [-0.2, 0) is 6.54 Å². The summed E-state index contributed by atoms with van der Waals surface area (Å²) >= 11 is 5.88. The number of benzene rings is 1. The van der Waals surface area contributed by atoms with Gasteiger partial charge < -0.3 is 4.90 Å². The number of nitrogens with zero attached hydrogens (tertiary/aromatic N) is 4. The highest BCUT2D eigenvalue weighted by Gasteiger charge is 2.43. The topological polar surface area (TPSA) is 41.4 Å². The molecule has 1 amide bonds. The van der Waals surface area contributed by atoms with E-state index in [0.717, 1.165) is 32.5 Å². The highest BCUT2D eigenvalue weighted by atomic mass is 35.5. The van der Waals surface area contributed by atoms with Gasteiger partial charge in [0.25, 0.3) is 0 Å². The van der Waals surface area contributed by atoms with E-state index >= 15 is 0 Å². The number of carbonyl (C=O) groups is 1. The summed E-state index contributed by atoms with van der Waals surface area (Å²) in [6.45, 7) is 4.76. The van der Waals surface area contributed by atoms with Crippen molar-refractivity contribution in [1.29, 1.82) is 0 Å². The van der Waals surface area contributed by atoms with Crippen LogP contribution >= 0.6 is 11.6 Å². The Morgan fingerprint density at radius 1 is 1.23 bits per heavy atom. The van der Waals surface area contributed by atoms with Crippen LogP contribution < -0.4 is 0 Å². The van der Waals surface area contributed by atoms with Gasteiger partial charge in [0.15, 0.2) is 0 Å². The Kier molecular flexibility index (Phi) is 4.76. The Hall–Kier alpha value is -1.85. The van der Waals surface area contributed by atoms with Gasteiger partial charge in [-0.2, -0.15) is 9.78 Å². The number of carbonyl (C=O) groups excluding carboxylic acids is 1. The van der Waals surface area contributed by atoms with E-state index in [0.29, 0.717) is 22.9 Å². The maximum atomic E-state index is 12.5. The van der Waals surface area contributed by atoms with E-state index in [1.807, 2.05) is 4.90 Å². The van der Waals surface area contributed by atoms with Crippen LogP contribution in [-0.4, -0.2) is 51.8 Å². The van der Waals surface area contributed by atoms with E-state index in [9.17, 15) is 4.79 Å². The summed E-state index contributed by atoms with van der Waals surface area (Å²) < 4.78 is 1.35. The van der Waals surface area contributed by atoms with Crippen LogP contribution in [0.15, 0.2) is 36.7 Å². The smallest absolute Gasteiger partial charge is 0.322 e. The van der Waals surface area contributed by atoms with Gasteiger partial charge >= 0.3 is 6.03 Å². The number of amides is 1. The van der Waals surface area contributed by atoms with Gasteiger partial charge in [0, 0.05) is 25.7 Å². The lowest BCUT2D eigenvalue weighted by Gasteiger charge is -2.26. The molecule has 3 atom stereocenters. The molecule has 138 valence electrons. The van der Waals surface area contributed by atoms with Crippen LogP contribution in [0, 0.1) is 18.8 Å². The molecule has 0 N–H and O–H groups in total. The molecular formula is C20H25ClN4O. The van der Waals surface area contributed by atoms with Crippen molar-refractivity contribution in [3.8, 4) is 0 Å². The molecule has 0 radical (unpaired) electrons. The summed E-state index contributed by atoms with van der Waals surface area (Å²) in [5, 5.41) is 4.53. The summed E-state index contributed by atoms with van der Waals surface area (Å²) in [5.74, 6) is 1.19. The second-order valence-corrected chi connectivity index (χ2v) is 8.27. The van der Waals surface area contributed by atoms with Crippen LogP contribution in [0.25, 0.3) is 0 Å². The lowest BCUT2D eigenvalue weighted by atomic mass is 10.0. The SMILES string of the molecule is Cc1ccc(CN(C)[C@@H]2C[C@@H]3CN(C(=O)n4cc(Cl)cn4)C[C@@H]3C2)cc1. The third kappa shape index (κ3) is 3.51. The Bertz CT molecular complexity index is 773. The van der Waals surface area contributed by atoms with Crippen molar-refractivity contribution in [2.45, 2.75) is 32.4 Å². The van der Waals surface area contributed by atoms with E-state index in [4.69, 9.17) is 11.6 Å². The van der Waals surface area contributed by atoms with Gasteiger partial charge in [-0.3, -0.25) is 4.90 Å². The maximum Gasteiger partial charge on any atom is 0.344 e. The molecule has 1 aliphatic carbocycles. The van der Waals surface area contributed by atoms with Crippen LogP contribution in [0.5, 0.6) is 0 Å². The minimum absolute atomic E-state index is 0.0594. The number of fused-ring (bicyclic) bond motifs is 1. The fourth-order valence-corrected chi connectivity index (χ4v) is 4.58. The normalized spacial score (nSPS) is 25.1. The summed E-state index contributed by atoms with van der Waals surface area (Å²) in [4.78, 5) is 16.9. The molecule has 1 aromatic carbocycles. The van der Waals surface area contributed by atoms with E-state index in [2.05, 4.69) is 48.2 Å². The lowest BCUT2D eigenvalue weighted by molar-refractivity contribution is 0.192. The van der Waals surface area contributed by atoms with Crippen LogP contribution in [0.1, 0.15) is 24.0 Å². The Balaban J connectivity index is 1.33. The number of hydrogen-bond donors (Lipinski definition) is 0. The van der Waals surface area contributed by atoms with E-state index in [1.165, 1.54) is 22.0 Å². The fraction of sp³-hybridized carbons (Fsp3) is 0.500. The molecule has 2 fully saturated rings. The molecule has 1 saturated carbocycles. The van der Waals surface area contributed by atoms with Crippen LogP contribution in [0.2, 0.25) is 5.02 Å². The average Bonchev–Trinajstić information content (AvgIpc) is 3.30. The Morgan fingerprint density at radius 2 is 1.88 bits per heavy atom. The standard InChI is InChI=1S/C20H25ClN4O/c1-14-3-5-15(6-4-14)10-23(2)19-7-16-11-24(12-17(16)8-19)20(26)25-13-18(21)9-22-25/h3-6,9,13,16-17,19H,7-8,10-12H2,1-2H3/t16-,17+,19-. The predicted molar refractivity (Wildman–Crippen MR) is 102 cm³/mol. The number of aromatic nitrogens is 2. The molecule has 1 aliphatic heterocycles. The molecule has 2 aromatic rings. The van der Waals surface area contributed by atoms with Crippen molar-refractivity contribution in [2.75, 3.05) is 20.1 Å². The molecule has 6 heteroatoms. The molecule has 0 bridgehead atoms. The van der Waals surface area contributed by atoms with Gasteiger partial charge in [0.05, 0.1) is 17.4 Å². The first-order valence-electron chi connectivity index (χ1n) is 9.25. The van der Waals surface area contributed by atoms with Gasteiger partial charge in [-0.05, 0) is 44.2 Å².